The van der Waals surface area contributed by atoms with E-state index in [1.165, 1.54) is 31.2 Å². The fourth-order valence-electron chi connectivity index (χ4n) is 2.36. The van der Waals surface area contributed by atoms with Crippen molar-refractivity contribution >= 4 is 5.69 Å². The highest BCUT2D eigenvalue weighted by atomic mass is 16.5. The molecule has 2 heteroatoms. The molecule has 0 heterocycles. The average Bonchev–Trinajstić information content (AvgIpc) is 2.28. The van der Waals surface area contributed by atoms with Crippen LogP contribution in [0.3, 0.4) is 0 Å². The predicted molar refractivity (Wildman–Crippen MR) is 67.1 cm³/mol. The van der Waals surface area contributed by atoms with Crippen LogP contribution in [-0.2, 0) is 11.3 Å². The van der Waals surface area contributed by atoms with Crippen LogP contribution < -0.4 is 5.73 Å². The number of rotatable bonds is 3. The first-order chi connectivity index (χ1) is 7.74. The molecule has 2 nitrogen and oxygen atoms in total. The van der Waals surface area contributed by atoms with E-state index in [9.17, 15) is 0 Å². The summed E-state index contributed by atoms with van der Waals surface area (Å²) in [4.78, 5) is 0. The Balaban J connectivity index is 1.80. The minimum atomic E-state index is 0.460. The highest BCUT2D eigenvalue weighted by Crippen LogP contribution is 2.26. The lowest BCUT2D eigenvalue weighted by Crippen LogP contribution is -2.21. The van der Waals surface area contributed by atoms with E-state index >= 15 is 0 Å². The molecule has 0 amide bonds. The summed E-state index contributed by atoms with van der Waals surface area (Å²) in [6.07, 6.45) is 5.57. The quantitative estimate of drug-likeness (QED) is 0.791. The van der Waals surface area contributed by atoms with E-state index in [4.69, 9.17) is 10.5 Å². The Kier molecular flexibility index (Phi) is 3.83. The Morgan fingerprint density at radius 1 is 1.25 bits per heavy atom. The van der Waals surface area contributed by atoms with E-state index in [0.29, 0.717) is 6.10 Å². The predicted octanol–water partition coefficient (Wildman–Crippen LogP) is 3.36. The number of ether oxygens (including phenoxy) is 1. The third kappa shape index (κ3) is 3.24. The molecule has 1 fully saturated rings. The first-order valence-electron chi connectivity index (χ1n) is 6.20. The smallest absolute Gasteiger partial charge is 0.0720 e. The molecule has 0 saturated heterocycles. The first-order valence-corrected chi connectivity index (χ1v) is 6.20. The van der Waals surface area contributed by atoms with Gasteiger partial charge in [-0.2, -0.15) is 0 Å². The molecule has 0 bridgehead atoms. The zero-order chi connectivity index (χ0) is 11.4. The molecular formula is C14H21NO. The molecule has 0 aromatic heterocycles. The zero-order valence-electron chi connectivity index (χ0n) is 9.99. The maximum atomic E-state index is 5.94. The molecule has 2 rings (SSSR count). The summed E-state index contributed by atoms with van der Waals surface area (Å²) in [6, 6.07) is 7.95. The first kappa shape index (κ1) is 11.5. The highest BCUT2D eigenvalue weighted by molar-refractivity contribution is 5.39. The van der Waals surface area contributed by atoms with Gasteiger partial charge >= 0.3 is 0 Å². The van der Waals surface area contributed by atoms with Gasteiger partial charge in [0, 0.05) is 5.69 Å². The summed E-state index contributed by atoms with van der Waals surface area (Å²) in [7, 11) is 0. The Labute approximate surface area is 97.8 Å². The van der Waals surface area contributed by atoms with Crippen LogP contribution in [0.1, 0.15) is 38.2 Å². The number of hydrogen-bond acceptors (Lipinski definition) is 2. The second-order valence-electron chi connectivity index (χ2n) is 4.95. The second-order valence-corrected chi connectivity index (χ2v) is 4.95. The molecule has 0 spiro atoms. The monoisotopic (exact) mass is 219 g/mol. The zero-order valence-corrected chi connectivity index (χ0v) is 9.99. The molecule has 1 aromatic carbocycles. The Bertz CT molecular complexity index is 320. The van der Waals surface area contributed by atoms with E-state index in [2.05, 4.69) is 6.92 Å². The van der Waals surface area contributed by atoms with Crippen molar-refractivity contribution in [2.45, 2.75) is 45.3 Å². The van der Waals surface area contributed by atoms with Gasteiger partial charge in [0.15, 0.2) is 0 Å². The van der Waals surface area contributed by atoms with Crippen molar-refractivity contribution < 1.29 is 4.74 Å². The Morgan fingerprint density at radius 3 is 2.69 bits per heavy atom. The lowest BCUT2D eigenvalue weighted by atomic mass is 9.89. The maximum Gasteiger partial charge on any atom is 0.0720 e. The molecular weight excluding hydrogens is 198 g/mol. The summed E-state index contributed by atoms with van der Waals surface area (Å²) in [5.74, 6) is 0.824. The van der Waals surface area contributed by atoms with Crippen molar-refractivity contribution in [1.82, 2.24) is 0 Å². The van der Waals surface area contributed by atoms with Gasteiger partial charge in [-0.25, -0.2) is 0 Å². The molecule has 1 aliphatic rings. The van der Waals surface area contributed by atoms with Crippen LogP contribution in [0.25, 0.3) is 0 Å². The van der Waals surface area contributed by atoms with E-state index in [-0.39, 0.29) is 0 Å². The third-order valence-corrected chi connectivity index (χ3v) is 3.35. The van der Waals surface area contributed by atoms with Crippen molar-refractivity contribution in [2.24, 2.45) is 5.92 Å². The summed E-state index contributed by atoms with van der Waals surface area (Å²) in [6.45, 7) is 3.04. The summed E-state index contributed by atoms with van der Waals surface area (Å²) < 4.78 is 5.94. The van der Waals surface area contributed by atoms with Crippen LogP contribution in [0.4, 0.5) is 5.69 Å². The standard InChI is InChI=1S/C14H21NO/c1-11-3-2-4-14(9-11)16-10-12-5-7-13(15)8-6-12/h5-8,11,14H,2-4,9-10,15H2,1H3. The van der Waals surface area contributed by atoms with Crippen molar-refractivity contribution in [3.8, 4) is 0 Å². The van der Waals surface area contributed by atoms with Gasteiger partial charge in [0.1, 0.15) is 0 Å². The molecule has 16 heavy (non-hydrogen) atoms. The minimum absolute atomic E-state index is 0.460. The maximum absolute atomic E-state index is 5.94. The minimum Gasteiger partial charge on any atom is -0.399 e. The van der Waals surface area contributed by atoms with Gasteiger partial charge in [-0.3, -0.25) is 0 Å². The summed E-state index contributed by atoms with van der Waals surface area (Å²) in [5.41, 5.74) is 7.67. The largest absolute Gasteiger partial charge is 0.399 e. The van der Waals surface area contributed by atoms with Gasteiger partial charge in [-0.1, -0.05) is 31.9 Å². The van der Waals surface area contributed by atoms with Crippen LogP contribution >= 0.6 is 0 Å². The molecule has 0 aliphatic heterocycles. The molecule has 2 N–H and O–H groups in total. The molecule has 1 aromatic rings. The summed E-state index contributed by atoms with van der Waals surface area (Å²) >= 11 is 0. The van der Waals surface area contributed by atoms with Crippen molar-refractivity contribution in [1.29, 1.82) is 0 Å². The molecule has 1 aliphatic carbocycles. The van der Waals surface area contributed by atoms with Gasteiger partial charge < -0.3 is 10.5 Å². The van der Waals surface area contributed by atoms with E-state index < -0.39 is 0 Å². The van der Waals surface area contributed by atoms with Crippen LogP contribution in [0.15, 0.2) is 24.3 Å². The van der Waals surface area contributed by atoms with E-state index in [1.807, 2.05) is 24.3 Å². The summed E-state index contributed by atoms with van der Waals surface area (Å²) in [5, 5.41) is 0. The van der Waals surface area contributed by atoms with Crippen LogP contribution in [0, 0.1) is 5.92 Å². The average molecular weight is 219 g/mol. The van der Waals surface area contributed by atoms with Crippen molar-refractivity contribution in [3.63, 3.8) is 0 Å². The lowest BCUT2D eigenvalue weighted by molar-refractivity contribution is 0.00468. The number of benzene rings is 1. The van der Waals surface area contributed by atoms with Crippen molar-refractivity contribution in [3.05, 3.63) is 29.8 Å². The fraction of sp³-hybridized carbons (Fsp3) is 0.571. The molecule has 0 radical (unpaired) electrons. The van der Waals surface area contributed by atoms with E-state index in [0.717, 1.165) is 18.2 Å². The highest BCUT2D eigenvalue weighted by Gasteiger charge is 2.18. The second kappa shape index (κ2) is 5.35. The van der Waals surface area contributed by atoms with Gasteiger partial charge in [0.2, 0.25) is 0 Å². The Morgan fingerprint density at radius 2 is 2.00 bits per heavy atom. The third-order valence-electron chi connectivity index (χ3n) is 3.35. The number of hydrogen-bond donors (Lipinski definition) is 1. The van der Waals surface area contributed by atoms with E-state index in [1.54, 1.807) is 0 Å². The SMILES string of the molecule is CC1CCCC(OCc2ccc(N)cc2)C1. The Hall–Kier alpha value is -1.02. The van der Waals surface area contributed by atoms with Gasteiger partial charge in [0.05, 0.1) is 12.7 Å². The van der Waals surface area contributed by atoms with Crippen molar-refractivity contribution in [2.75, 3.05) is 5.73 Å². The number of nitrogens with two attached hydrogens (primary N) is 1. The molecule has 2 atom stereocenters. The lowest BCUT2D eigenvalue weighted by Gasteiger charge is -2.26. The number of anilines is 1. The topological polar surface area (TPSA) is 35.2 Å². The van der Waals surface area contributed by atoms with Gasteiger partial charge in [0.25, 0.3) is 0 Å². The van der Waals surface area contributed by atoms with Gasteiger partial charge in [-0.15, -0.1) is 0 Å². The molecule has 88 valence electrons. The van der Waals surface area contributed by atoms with Crippen LogP contribution in [-0.4, -0.2) is 6.10 Å². The van der Waals surface area contributed by atoms with Gasteiger partial charge in [-0.05, 0) is 36.5 Å². The van der Waals surface area contributed by atoms with Crippen LogP contribution in [0.2, 0.25) is 0 Å². The molecule has 2 unspecified atom stereocenters. The fourth-order valence-corrected chi connectivity index (χ4v) is 2.36. The normalized spacial score (nSPS) is 25.6. The number of nitrogen functional groups attached to an aromatic ring is 1. The molecule has 1 saturated carbocycles. The van der Waals surface area contributed by atoms with Crippen LogP contribution in [0.5, 0.6) is 0 Å².